The van der Waals surface area contributed by atoms with Crippen LogP contribution < -0.4 is 0 Å². The highest BCUT2D eigenvalue weighted by Gasteiger charge is 2.36. The van der Waals surface area contributed by atoms with Gasteiger partial charge in [-0.15, -0.1) is 0 Å². The Hall–Kier alpha value is -9.25. The van der Waals surface area contributed by atoms with Crippen molar-refractivity contribution in [3.05, 3.63) is 217 Å². The Labute approximate surface area is 453 Å². The second-order valence-corrected chi connectivity index (χ2v) is 22.5. The molecule has 0 aliphatic heterocycles. The van der Waals surface area contributed by atoms with Crippen molar-refractivity contribution in [2.75, 3.05) is 0 Å². The number of hydrogen-bond donors (Lipinski definition) is 0. The highest BCUT2D eigenvalue weighted by molar-refractivity contribution is 6.16. The van der Waals surface area contributed by atoms with Gasteiger partial charge in [0.25, 0.3) is 0 Å². The minimum absolute atomic E-state index is 0.315. The van der Waals surface area contributed by atoms with Crippen LogP contribution in [0, 0.1) is 29.1 Å². The quantitative estimate of drug-likeness (QED) is 0.130. The van der Waals surface area contributed by atoms with Crippen molar-refractivity contribution in [3.8, 4) is 39.9 Å². The molecule has 14 aromatic rings. The van der Waals surface area contributed by atoms with E-state index in [-0.39, 0.29) is 0 Å². The lowest BCUT2D eigenvalue weighted by atomic mass is 9.83. The van der Waals surface area contributed by atoms with E-state index in [9.17, 15) is 5.26 Å². The minimum Gasteiger partial charge on any atom is -0.306 e. The Morgan fingerprint density at radius 2 is 0.667 bits per heavy atom. The van der Waals surface area contributed by atoms with Gasteiger partial charge in [-0.25, -0.2) is 9.97 Å². The fourth-order valence-corrected chi connectivity index (χ4v) is 13.1. The first-order valence-electron chi connectivity index (χ1n) is 27.6. The van der Waals surface area contributed by atoms with Gasteiger partial charge < -0.3 is 9.13 Å². The standard InChI is InChI=1S/C71H59N7/c1-43(2)37-46-40-48(39-45(5)6)57(41-47(46)38-44(3)4)65-68(77-63-33-17-11-25-53(63)55-27-19-35-73-70(55)77)66(75-59-29-13-7-21-49(59)50-22-8-14-30-60(50)75)58(42-72)67(76-61-31-15-9-23-51(61)52-24-10-16-32-62(52)76)69(65)78-64-34-18-12-26-54(64)56-28-20-36-74-71(56)78/h7-36,40-41,43-45H,37-39H2,1-6H3. The predicted molar refractivity (Wildman–Crippen MR) is 325 cm³/mol. The molecular weight excluding hydrogens is 951 g/mol. The second-order valence-electron chi connectivity index (χ2n) is 22.5. The number of nitriles is 1. The fraction of sp³-hybridized carbons (Fsp3) is 0.169. The summed E-state index contributed by atoms with van der Waals surface area (Å²) in [6, 6.07) is 68.9. The summed E-state index contributed by atoms with van der Waals surface area (Å²) in [5.74, 6) is 1.16. The molecule has 378 valence electrons. The number of benzene rings is 8. The molecule has 8 aromatic carbocycles. The van der Waals surface area contributed by atoms with Crippen LogP contribution in [0.5, 0.6) is 0 Å². The van der Waals surface area contributed by atoms with Gasteiger partial charge in [-0.3, -0.25) is 9.13 Å². The molecule has 0 amide bonds. The van der Waals surface area contributed by atoms with Gasteiger partial charge in [0.2, 0.25) is 0 Å². The molecule has 0 saturated heterocycles. The number of rotatable bonds is 11. The number of nitrogens with zero attached hydrogens (tertiary/aromatic N) is 7. The maximum absolute atomic E-state index is 13.0. The lowest BCUT2D eigenvalue weighted by molar-refractivity contribution is 0.612. The summed E-state index contributed by atoms with van der Waals surface area (Å²) in [6.07, 6.45) is 6.53. The van der Waals surface area contributed by atoms with Gasteiger partial charge in [0.1, 0.15) is 22.9 Å². The van der Waals surface area contributed by atoms with Gasteiger partial charge >= 0.3 is 0 Å². The summed E-state index contributed by atoms with van der Waals surface area (Å²) in [6.45, 7) is 14.0. The molecule has 0 aliphatic rings. The molecule has 7 heteroatoms. The third-order valence-electron chi connectivity index (χ3n) is 16.0. The largest absolute Gasteiger partial charge is 0.306 e. The molecule has 0 radical (unpaired) electrons. The summed E-state index contributed by atoms with van der Waals surface area (Å²) in [5.41, 5.74) is 17.6. The zero-order valence-electron chi connectivity index (χ0n) is 45.0. The Kier molecular flexibility index (Phi) is 11.2. The first kappa shape index (κ1) is 47.2. The lowest BCUT2D eigenvalue weighted by Gasteiger charge is -2.30. The summed E-state index contributed by atoms with van der Waals surface area (Å²) < 4.78 is 9.62. The molecule has 78 heavy (non-hydrogen) atoms. The van der Waals surface area contributed by atoms with Crippen LogP contribution in [-0.2, 0) is 19.3 Å². The highest BCUT2D eigenvalue weighted by Crippen LogP contribution is 2.52. The van der Waals surface area contributed by atoms with Crippen molar-refractivity contribution in [1.82, 2.24) is 28.2 Å². The molecule has 7 nitrogen and oxygen atoms in total. The highest BCUT2D eigenvalue weighted by atomic mass is 15.1. The molecule has 14 rings (SSSR count). The molecule has 0 fully saturated rings. The van der Waals surface area contributed by atoms with E-state index >= 15 is 0 Å². The van der Waals surface area contributed by atoms with Gasteiger partial charge in [0, 0.05) is 61.0 Å². The molecule has 0 saturated carbocycles. The monoisotopic (exact) mass is 1010 g/mol. The number of aromatic nitrogens is 6. The van der Waals surface area contributed by atoms with Crippen LogP contribution >= 0.6 is 0 Å². The number of hydrogen-bond acceptors (Lipinski definition) is 3. The van der Waals surface area contributed by atoms with Crippen molar-refractivity contribution < 1.29 is 0 Å². The summed E-state index contributed by atoms with van der Waals surface area (Å²) in [4.78, 5) is 10.8. The van der Waals surface area contributed by atoms with Gasteiger partial charge in [-0.2, -0.15) is 5.26 Å². The molecule has 6 heterocycles. The number of pyridine rings is 2. The van der Waals surface area contributed by atoms with E-state index in [1.165, 1.54) is 16.7 Å². The van der Waals surface area contributed by atoms with Crippen LogP contribution in [0.4, 0.5) is 0 Å². The average Bonchev–Trinajstić information content (AvgIpc) is 4.36. The van der Waals surface area contributed by atoms with Crippen molar-refractivity contribution in [1.29, 1.82) is 5.26 Å². The first-order chi connectivity index (χ1) is 38.2. The first-order valence-corrected chi connectivity index (χ1v) is 27.6. The van der Waals surface area contributed by atoms with Gasteiger partial charge in [0.05, 0.1) is 55.8 Å². The minimum atomic E-state index is 0.315. The maximum Gasteiger partial charge on any atom is 0.145 e. The van der Waals surface area contributed by atoms with Crippen LogP contribution in [-0.4, -0.2) is 28.2 Å². The molecule has 0 atom stereocenters. The van der Waals surface area contributed by atoms with E-state index in [2.05, 4.69) is 236 Å². The third-order valence-corrected chi connectivity index (χ3v) is 16.0. The normalized spacial score (nSPS) is 12.2. The zero-order valence-corrected chi connectivity index (χ0v) is 45.0. The van der Waals surface area contributed by atoms with Crippen LogP contribution in [0.15, 0.2) is 194 Å². The van der Waals surface area contributed by atoms with E-state index in [0.717, 1.165) is 141 Å². The molecular formula is C71H59N7. The van der Waals surface area contributed by atoms with E-state index in [0.29, 0.717) is 23.3 Å². The molecule has 0 unspecified atom stereocenters. The molecule has 0 N–H and O–H groups in total. The number of fused-ring (bicyclic) bond motifs is 12. The van der Waals surface area contributed by atoms with E-state index in [1.54, 1.807) is 0 Å². The zero-order chi connectivity index (χ0) is 52.9. The lowest BCUT2D eigenvalue weighted by Crippen LogP contribution is -2.17. The van der Waals surface area contributed by atoms with Crippen molar-refractivity contribution in [2.45, 2.75) is 60.8 Å². The maximum atomic E-state index is 13.0. The van der Waals surface area contributed by atoms with Crippen LogP contribution in [0.2, 0.25) is 0 Å². The predicted octanol–water partition coefficient (Wildman–Crippen LogP) is 18.0. The average molecular weight is 1010 g/mol. The third kappa shape index (κ3) is 7.16. The Bertz CT molecular complexity index is 4310. The van der Waals surface area contributed by atoms with Gasteiger partial charge in [-0.1, -0.05) is 163 Å². The van der Waals surface area contributed by atoms with Gasteiger partial charge in [-0.05, 0) is 120 Å². The molecule has 0 spiro atoms. The summed E-state index contributed by atoms with van der Waals surface area (Å²) in [7, 11) is 0. The molecule has 0 bridgehead atoms. The van der Waals surface area contributed by atoms with Crippen molar-refractivity contribution in [2.24, 2.45) is 17.8 Å². The topological polar surface area (TPSA) is 69.3 Å². The fourth-order valence-electron chi connectivity index (χ4n) is 13.1. The molecule has 6 aromatic heterocycles. The second kappa shape index (κ2) is 18.5. The van der Waals surface area contributed by atoms with E-state index in [1.807, 2.05) is 24.5 Å². The van der Waals surface area contributed by atoms with E-state index in [4.69, 9.17) is 9.97 Å². The Morgan fingerprint density at radius 1 is 0.359 bits per heavy atom. The van der Waals surface area contributed by atoms with Crippen LogP contribution in [0.1, 0.15) is 63.8 Å². The SMILES string of the molecule is CC(C)Cc1cc(CC(C)C)c(-c2c(-n3c4ccccc4c4cccnc43)c(-n3c4ccccc4c4ccccc43)c(C#N)c(-n3c4ccccc4c4ccccc43)c2-n2c3ccccc3c3cccnc32)cc1CC(C)C. The number of para-hydroxylation sites is 6. The summed E-state index contributed by atoms with van der Waals surface area (Å²) >= 11 is 0. The van der Waals surface area contributed by atoms with E-state index < -0.39 is 0 Å². The van der Waals surface area contributed by atoms with Crippen LogP contribution in [0.25, 0.3) is 121 Å². The Morgan fingerprint density at radius 3 is 1.03 bits per heavy atom. The summed E-state index contributed by atoms with van der Waals surface area (Å²) in [5, 5.41) is 21.6. The van der Waals surface area contributed by atoms with Crippen molar-refractivity contribution >= 4 is 87.5 Å². The smallest absolute Gasteiger partial charge is 0.145 e. The molecule has 0 aliphatic carbocycles. The van der Waals surface area contributed by atoms with Crippen LogP contribution in [0.3, 0.4) is 0 Å². The van der Waals surface area contributed by atoms with Gasteiger partial charge in [0.15, 0.2) is 0 Å². The van der Waals surface area contributed by atoms with Crippen molar-refractivity contribution in [3.63, 3.8) is 0 Å². The Balaban J connectivity index is 1.38.